The molecule has 4 heteroatoms. The summed E-state index contributed by atoms with van der Waals surface area (Å²) in [5.74, 6) is 0.231. The first-order valence-electron chi connectivity index (χ1n) is 6.11. The van der Waals surface area contributed by atoms with E-state index in [4.69, 9.17) is 0 Å². The first kappa shape index (κ1) is 13.5. The van der Waals surface area contributed by atoms with E-state index in [0.717, 1.165) is 32.5 Å². The third kappa shape index (κ3) is 3.46. The zero-order valence-electron chi connectivity index (χ0n) is 11.0. The molecule has 1 aliphatic rings. The van der Waals surface area contributed by atoms with Crippen LogP contribution in [0, 0.1) is 0 Å². The number of nitrogens with one attached hydrogen (secondary N) is 1. The number of carbonyl (C=O) groups excluding carboxylic acids is 1. The van der Waals surface area contributed by atoms with Crippen molar-refractivity contribution < 1.29 is 4.79 Å². The van der Waals surface area contributed by atoms with Crippen LogP contribution in [0.2, 0.25) is 0 Å². The number of hydrogen-bond donors (Lipinski definition) is 1. The molecule has 0 radical (unpaired) electrons. The van der Waals surface area contributed by atoms with Crippen molar-refractivity contribution in [3.8, 4) is 0 Å². The second-order valence-electron chi connectivity index (χ2n) is 5.25. The Morgan fingerprint density at radius 1 is 1.25 bits per heavy atom. The molecule has 0 spiro atoms. The molecule has 4 nitrogen and oxygen atoms in total. The molecular formula is C12H25N3O. The second-order valence-corrected chi connectivity index (χ2v) is 5.25. The van der Waals surface area contributed by atoms with Gasteiger partial charge in [0.1, 0.15) is 0 Å². The number of nitrogens with zero attached hydrogens (tertiary/aromatic N) is 2. The summed E-state index contributed by atoms with van der Waals surface area (Å²) in [4.78, 5) is 16.2. The van der Waals surface area contributed by atoms with Crippen LogP contribution in [0.5, 0.6) is 0 Å². The lowest BCUT2D eigenvalue weighted by Crippen LogP contribution is -2.57. The predicted octanol–water partition coefficient (Wildman–Crippen LogP) is 0.539. The fourth-order valence-corrected chi connectivity index (χ4v) is 2.11. The van der Waals surface area contributed by atoms with E-state index in [2.05, 4.69) is 10.2 Å². The molecule has 1 heterocycles. The van der Waals surface area contributed by atoms with E-state index < -0.39 is 0 Å². The minimum absolute atomic E-state index is 0.231. The van der Waals surface area contributed by atoms with Gasteiger partial charge in [0.2, 0.25) is 5.91 Å². The molecule has 94 valence electrons. The van der Waals surface area contributed by atoms with Crippen molar-refractivity contribution in [3.05, 3.63) is 0 Å². The highest BCUT2D eigenvalue weighted by atomic mass is 16.2. The van der Waals surface area contributed by atoms with Crippen molar-refractivity contribution in [3.63, 3.8) is 0 Å². The number of hydrogen-bond acceptors (Lipinski definition) is 3. The summed E-state index contributed by atoms with van der Waals surface area (Å²) in [7, 11) is 5.95. The number of carbonyl (C=O) groups is 1. The molecule has 1 N–H and O–H groups in total. The van der Waals surface area contributed by atoms with Gasteiger partial charge in [-0.15, -0.1) is 0 Å². The average molecular weight is 227 g/mol. The molecule has 0 aromatic rings. The average Bonchev–Trinajstić information content (AvgIpc) is 2.25. The van der Waals surface area contributed by atoms with E-state index in [9.17, 15) is 4.79 Å². The number of amides is 1. The summed E-state index contributed by atoms with van der Waals surface area (Å²) in [5.41, 5.74) is -0.334. The maximum Gasteiger partial charge on any atom is 0.242 e. The van der Waals surface area contributed by atoms with Gasteiger partial charge >= 0.3 is 0 Å². The van der Waals surface area contributed by atoms with Crippen LogP contribution < -0.4 is 5.32 Å². The molecule has 1 amide bonds. The second kappa shape index (κ2) is 5.64. The van der Waals surface area contributed by atoms with Gasteiger partial charge in [0.05, 0.1) is 5.54 Å². The van der Waals surface area contributed by atoms with E-state index in [1.165, 1.54) is 6.42 Å². The van der Waals surface area contributed by atoms with Crippen molar-refractivity contribution >= 4 is 5.91 Å². The Bertz CT molecular complexity index is 234. The quantitative estimate of drug-likeness (QED) is 0.761. The minimum Gasteiger partial charge on any atom is -0.343 e. The van der Waals surface area contributed by atoms with E-state index in [1.54, 1.807) is 0 Å². The molecule has 1 saturated heterocycles. The lowest BCUT2D eigenvalue weighted by atomic mass is 9.89. The van der Waals surface area contributed by atoms with Gasteiger partial charge in [-0.1, -0.05) is 0 Å². The van der Waals surface area contributed by atoms with E-state index >= 15 is 0 Å². The van der Waals surface area contributed by atoms with Gasteiger partial charge in [-0.05, 0) is 46.8 Å². The van der Waals surface area contributed by atoms with Crippen LogP contribution in [0.1, 0.15) is 26.2 Å². The smallest absolute Gasteiger partial charge is 0.242 e. The fraction of sp³-hybridized carbons (Fsp3) is 0.917. The topological polar surface area (TPSA) is 35.6 Å². The summed E-state index contributed by atoms with van der Waals surface area (Å²) >= 11 is 0. The Balaban J connectivity index is 2.48. The van der Waals surface area contributed by atoms with Gasteiger partial charge in [0.25, 0.3) is 0 Å². The maximum atomic E-state index is 12.3. The van der Waals surface area contributed by atoms with Gasteiger partial charge in [-0.3, -0.25) is 4.79 Å². The molecule has 1 unspecified atom stereocenters. The Labute approximate surface area is 99.0 Å². The van der Waals surface area contributed by atoms with Crippen LogP contribution in [-0.4, -0.2) is 62.0 Å². The third-order valence-electron chi connectivity index (χ3n) is 3.32. The molecule has 0 aromatic heterocycles. The molecule has 0 aromatic carbocycles. The first-order chi connectivity index (χ1) is 7.46. The van der Waals surface area contributed by atoms with Crippen molar-refractivity contribution in [2.45, 2.75) is 31.7 Å². The molecule has 16 heavy (non-hydrogen) atoms. The summed E-state index contributed by atoms with van der Waals surface area (Å²) in [6.07, 6.45) is 3.29. The monoisotopic (exact) mass is 227 g/mol. The molecular weight excluding hydrogens is 202 g/mol. The maximum absolute atomic E-state index is 12.3. The van der Waals surface area contributed by atoms with E-state index in [0.29, 0.717) is 0 Å². The zero-order valence-corrected chi connectivity index (χ0v) is 11.0. The number of piperidine rings is 1. The molecule has 1 atom stereocenters. The van der Waals surface area contributed by atoms with Crippen LogP contribution in [-0.2, 0) is 4.79 Å². The molecule has 0 bridgehead atoms. The lowest BCUT2D eigenvalue weighted by molar-refractivity contribution is -0.137. The normalized spacial score (nSPS) is 25.8. The largest absolute Gasteiger partial charge is 0.343 e. The Morgan fingerprint density at radius 3 is 2.44 bits per heavy atom. The molecule has 1 fully saturated rings. The highest BCUT2D eigenvalue weighted by molar-refractivity contribution is 5.85. The van der Waals surface area contributed by atoms with Crippen molar-refractivity contribution in [1.29, 1.82) is 0 Å². The summed E-state index contributed by atoms with van der Waals surface area (Å²) in [6, 6.07) is 0. The highest BCUT2D eigenvalue weighted by Gasteiger charge is 2.36. The Kier molecular flexibility index (Phi) is 4.74. The standard InChI is InChI=1S/C12H25N3O/c1-12(7-5-6-8-13-12)11(16)15(4)10-9-14(2)3/h13H,5-10H2,1-4H3. The van der Waals surface area contributed by atoms with Crippen molar-refractivity contribution in [2.24, 2.45) is 0 Å². The Morgan fingerprint density at radius 2 is 1.94 bits per heavy atom. The van der Waals surface area contributed by atoms with Crippen LogP contribution in [0.25, 0.3) is 0 Å². The van der Waals surface area contributed by atoms with E-state index in [1.807, 2.05) is 33.0 Å². The van der Waals surface area contributed by atoms with Gasteiger partial charge in [-0.2, -0.15) is 0 Å². The van der Waals surface area contributed by atoms with Crippen molar-refractivity contribution in [1.82, 2.24) is 15.1 Å². The van der Waals surface area contributed by atoms with E-state index in [-0.39, 0.29) is 11.4 Å². The zero-order chi connectivity index (χ0) is 12.2. The predicted molar refractivity (Wildman–Crippen MR) is 66.4 cm³/mol. The van der Waals surface area contributed by atoms with Gasteiger partial charge in [0, 0.05) is 20.1 Å². The summed E-state index contributed by atoms with van der Waals surface area (Å²) in [5, 5.41) is 3.36. The molecule has 1 rings (SSSR count). The number of likely N-dealkylation sites (N-methyl/N-ethyl adjacent to an activating group) is 2. The summed E-state index contributed by atoms with van der Waals surface area (Å²) in [6.45, 7) is 4.70. The van der Waals surface area contributed by atoms with Gasteiger partial charge in [0.15, 0.2) is 0 Å². The lowest BCUT2D eigenvalue weighted by Gasteiger charge is -2.37. The molecule has 0 aliphatic carbocycles. The van der Waals surface area contributed by atoms with Gasteiger partial charge < -0.3 is 15.1 Å². The fourth-order valence-electron chi connectivity index (χ4n) is 2.11. The Hall–Kier alpha value is -0.610. The van der Waals surface area contributed by atoms with Crippen LogP contribution in [0.3, 0.4) is 0 Å². The number of rotatable bonds is 4. The third-order valence-corrected chi connectivity index (χ3v) is 3.32. The van der Waals surface area contributed by atoms with Crippen LogP contribution in [0.4, 0.5) is 0 Å². The van der Waals surface area contributed by atoms with Crippen LogP contribution >= 0.6 is 0 Å². The molecule has 1 aliphatic heterocycles. The van der Waals surface area contributed by atoms with Crippen molar-refractivity contribution in [2.75, 3.05) is 40.8 Å². The first-order valence-corrected chi connectivity index (χ1v) is 6.11. The summed E-state index contributed by atoms with van der Waals surface area (Å²) < 4.78 is 0. The SMILES string of the molecule is CN(C)CCN(C)C(=O)C1(C)CCCCN1. The van der Waals surface area contributed by atoms with Gasteiger partial charge in [-0.25, -0.2) is 0 Å². The minimum atomic E-state index is -0.334. The highest BCUT2D eigenvalue weighted by Crippen LogP contribution is 2.20. The van der Waals surface area contributed by atoms with Crippen LogP contribution in [0.15, 0.2) is 0 Å². The molecule has 0 saturated carbocycles.